The summed E-state index contributed by atoms with van der Waals surface area (Å²) in [7, 11) is 0. The van der Waals surface area contributed by atoms with Crippen LogP contribution < -0.4 is 0 Å². The number of rotatable bonds is 3. The van der Waals surface area contributed by atoms with Gasteiger partial charge in [0, 0.05) is 0 Å². The van der Waals surface area contributed by atoms with Crippen LogP contribution in [0.5, 0.6) is 0 Å². The third-order valence-electron chi connectivity index (χ3n) is 4.33. The molecule has 0 heterocycles. The molecular formula is C14H26O. The zero-order chi connectivity index (χ0) is 11.3. The van der Waals surface area contributed by atoms with E-state index in [1.54, 1.807) is 0 Å². The fraction of sp³-hybridized carbons (Fsp3) is 1.00. The van der Waals surface area contributed by atoms with Gasteiger partial charge in [-0.1, -0.05) is 34.1 Å². The molecule has 2 aliphatic rings. The second-order valence-electron chi connectivity index (χ2n) is 7.21. The maximum atomic E-state index is 10.5. The molecule has 3 unspecified atom stereocenters. The molecule has 15 heavy (non-hydrogen) atoms. The lowest BCUT2D eigenvalue weighted by molar-refractivity contribution is 0.0726. The van der Waals surface area contributed by atoms with Crippen LogP contribution in [-0.2, 0) is 0 Å². The largest absolute Gasteiger partial charge is 0.389 e. The summed E-state index contributed by atoms with van der Waals surface area (Å²) in [5.74, 6) is 2.00. The summed E-state index contributed by atoms with van der Waals surface area (Å²) in [5.41, 5.74) is 0.155. The fourth-order valence-electron chi connectivity index (χ4n) is 4.03. The lowest BCUT2D eigenvalue weighted by Crippen LogP contribution is -2.22. The van der Waals surface area contributed by atoms with Crippen LogP contribution in [0.2, 0.25) is 0 Å². The Morgan fingerprint density at radius 1 is 1.27 bits per heavy atom. The van der Waals surface area contributed by atoms with Gasteiger partial charge >= 0.3 is 0 Å². The van der Waals surface area contributed by atoms with E-state index in [9.17, 15) is 5.11 Å². The van der Waals surface area contributed by atoms with Crippen molar-refractivity contribution in [2.75, 3.05) is 0 Å². The maximum Gasteiger partial charge on any atom is 0.0713 e. The van der Waals surface area contributed by atoms with Crippen LogP contribution in [0.15, 0.2) is 0 Å². The van der Waals surface area contributed by atoms with Crippen molar-refractivity contribution in [1.82, 2.24) is 0 Å². The molecular weight excluding hydrogens is 184 g/mol. The van der Waals surface area contributed by atoms with Crippen LogP contribution >= 0.6 is 0 Å². The first-order valence-corrected chi connectivity index (χ1v) is 6.55. The first-order valence-electron chi connectivity index (χ1n) is 6.55. The van der Waals surface area contributed by atoms with Crippen LogP contribution in [0.4, 0.5) is 0 Å². The summed E-state index contributed by atoms with van der Waals surface area (Å²) < 4.78 is 0. The van der Waals surface area contributed by atoms with Crippen molar-refractivity contribution < 1.29 is 5.11 Å². The van der Waals surface area contributed by atoms with Gasteiger partial charge in [0.2, 0.25) is 0 Å². The van der Waals surface area contributed by atoms with Gasteiger partial charge in [-0.2, -0.15) is 0 Å². The summed E-state index contributed by atoms with van der Waals surface area (Å²) in [4.78, 5) is 0. The molecule has 1 N–H and O–H groups in total. The van der Waals surface area contributed by atoms with Crippen LogP contribution in [-0.4, -0.2) is 10.7 Å². The average molecular weight is 210 g/mol. The molecule has 0 aromatic rings. The zero-order valence-electron chi connectivity index (χ0n) is 10.7. The highest BCUT2D eigenvalue weighted by Gasteiger charge is 2.65. The van der Waals surface area contributed by atoms with Crippen molar-refractivity contribution >= 4 is 0 Å². The lowest BCUT2D eigenvalue weighted by atomic mass is 9.82. The van der Waals surface area contributed by atoms with Crippen molar-refractivity contribution in [2.45, 2.75) is 65.4 Å². The van der Waals surface area contributed by atoms with Crippen molar-refractivity contribution in [1.29, 1.82) is 0 Å². The topological polar surface area (TPSA) is 20.2 Å². The molecule has 2 aliphatic carbocycles. The fourth-order valence-corrected chi connectivity index (χ4v) is 4.03. The molecule has 1 heteroatoms. The molecule has 2 saturated carbocycles. The highest BCUT2D eigenvalue weighted by Crippen LogP contribution is 2.63. The minimum absolute atomic E-state index is 0.247. The summed E-state index contributed by atoms with van der Waals surface area (Å²) in [6.45, 7) is 9.18. The molecule has 2 rings (SSSR count). The van der Waals surface area contributed by atoms with Crippen LogP contribution in [0.1, 0.15) is 59.8 Å². The monoisotopic (exact) mass is 210 g/mol. The molecule has 0 saturated heterocycles. The lowest BCUT2D eigenvalue weighted by Gasteiger charge is -2.26. The maximum absolute atomic E-state index is 10.5. The summed E-state index contributed by atoms with van der Waals surface area (Å²) in [6, 6.07) is 0. The number of hydrogen-bond acceptors (Lipinski definition) is 1. The Kier molecular flexibility index (Phi) is 2.65. The smallest absolute Gasteiger partial charge is 0.0713 e. The van der Waals surface area contributed by atoms with Gasteiger partial charge in [0.05, 0.1) is 5.60 Å². The van der Waals surface area contributed by atoms with E-state index >= 15 is 0 Å². The molecule has 0 aliphatic heterocycles. The van der Waals surface area contributed by atoms with E-state index in [-0.39, 0.29) is 5.60 Å². The van der Waals surface area contributed by atoms with Crippen LogP contribution in [0, 0.1) is 23.2 Å². The Labute approximate surface area is 94.3 Å². The third kappa shape index (κ3) is 2.22. The second-order valence-corrected chi connectivity index (χ2v) is 7.21. The highest BCUT2D eigenvalue weighted by molar-refractivity contribution is 5.15. The molecule has 0 amide bonds. The van der Waals surface area contributed by atoms with Crippen LogP contribution in [0.25, 0.3) is 0 Å². The quantitative estimate of drug-likeness (QED) is 0.754. The molecule has 0 aromatic carbocycles. The Balaban J connectivity index is 1.83. The highest BCUT2D eigenvalue weighted by atomic mass is 16.3. The predicted octanol–water partition coefficient (Wildman–Crippen LogP) is 3.61. The zero-order valence-corrected chi connectivity index (χ0v) is 10.7. The van der Waals surface area contributed by atoms with E-state index in [1.807, 2.05) is 0 Å². The van der Waals surface area contributed by atoms with Gasteiger partial charge in [-0.15, -0.1) is 0 Å². The first kappa shape index (κ1) is 11.4. The van der Waals surface area contributed by atoms with Gasteiger partial charge in [-0.3, -0.25) is 0 Å². The molecule has 3 atom stereocenters. The van der Waals surface area contributed by atoms with Gasteiger partial charge in [0.1, 0.15) is 0 Å². The summed E-state index contributed by atoms with van der Waals surface area (Å²) in [5, 5.41) is 10.5. The normalized spacial score (nSPS) is 41.4. The molecule has 88 valence electrons. The van der Waals surface area contributed by atoms with Gasteiger partial charge < -0.3 is 5.11 Å². The molecule has 0 radical (unpaired) electrons. The SMILES string of the molecule is CC(CC(C)(C)C)CC1(O)C2CCCC21. The average Bonchev–Trinajstić information content (AvgIpc) is 2.43. The summed E-state index contributed by atoms with van der Waals surface area (Å²) >= 11 is 0. The number of hydrogen-bond donors (Lipinski definition) is 1. The molecule has 2 fully saturated rings. The van der Waals surface area contributed by atoms with Gasteiger partial charge in [-0.05, 0) is 48.9 Å². The van der Waals surface area contributed by atoms with Gasteiger partial charge in [0.15, 0.2) is 0 Å². The van der Waals surface area contributed by atoms with Crippen molar-refractivity contribution in [3.8, 4) is 0 Å². The van der Waals surface area contributed by atoms with E-state index in [1.165, 1.54) is 25.7 Å². The molecule has 0 aromatic heterocycles. The minimum atomic E-state index is -0.247. The second kappa shape index (κ2) is 3.48. The Bertz CT molecular complexity index is 228. The predicted molar refractivity (Wildman–Crippen MR) is 63.6 cm³/mol. The Morgan fingerprint density at radius 2 is 1.80 bits per heavy atom. The number of aliphatic hydroxyl groups is 1. The standard InChI is InChI=1S/C14H26O/c1-10(8-13(2,3)4)9-14(15)11-6-5-7-12(11)14/h10-12,15H,5-9H2,1-4H3. The molecule has 1 nitrogen and oxygen atoms in total. The van der Waals surface area contributed by atoms with Crippen molar-refractivity contribution in [2.24, 2.45) is 23.2 Å². The molecule has 0 spiro atoms. The van der Waals surface area contributed by atoms with Crippen LogP contribution in [0.3, 0.4) is 0 Å². The van der Waals surface area contributed by atoms with E-state index in [4.69, 9.17) is 0 Å². The first-order chi connectivity index (χ1) is 6.83. The van der Waals surface area contributed by atoms with Gasteiger partial charge in [0.25, 0.3) is 0 Å². The van der Waals surface area contributed by atoms with Gasteiger partial charge in [-0.25, -0.2) is 0 Å². The van der Waals surface area contributed by atoms with Crippen molar-refractivity contribution in [3.63, 3.8) is 0 Å². The van der Waals surface area contributed by atoms with E-state index in [0.717, 1.165) is 6.42 Å². The molecule has 0 bridgehead atoms. The third-order valence-corrected chi connectivity index (χ3v) is 4.33. The van der Waals surface area contributed by atoms with Crippen molar-refractivity contribution in [3.05, 3.63) is 0 Å². The van der Waals surface area contributed by atoms with E-state index in [0.29, 0.717) is 23.2 Å². The van der Waals surface area contributed by atoms with E-state index < -0.39 is 0 Å². The van der Waals surface area contributed by atoms with E-state index in [2.05, 4.69) is 27.7 Å². The Hall–Kier alpha value is -0.0400. The number of fused-ring (bicyclic) bond motifs is 1. The summed E-state index contributed by atoms with van der Waals surface area (Å²) in [6.07, 6.45) is 6.19. The Morgan fingerprint density at radius 3 is 2.27 bits per heavy atom. The minimum Gasteiger partial charge on any atom is -0.389 e.